The third-order valence-corrected chi connectivity index (χ3v) is 3.92. The molecule has 1 unspecified atom stereocenters. The molecule has 2 aliphatic heterocycles. The Bertz CT molecular complexity index is 560. The molecular formula is C17H24N2O3. The number of fused-ring (bicyclic) bond motifs is 1. The second-order valence-corrected chi connectivity index (χ2v) is 6.98. The van der Waals surface area contributed by atoms with E-state index in [0.717, 1.165) is 25.3 Å². The van der Waals surface area contributed by atoms with Crippen LogP contribution in [0.5, 0.6) is 0 Å². The third-order valence-electron chi connectivity index (χ3n) is 3.92. The summed E-state index contributed by atoms with van der Waals surface area (Å²) in [5.74, 6) is 0. The second-order valence-electron chi connectivity index (χ2n) is 6.98. The van der Waals surface area contributed by atoms with E-state index in [9.17, 15) is 4.79 Å². The van der Waals surface area contributed by atoms with Gasteiger partial charge in [-0.05, 0) is 44.4 Å². The first-order valence-corrected chi connectivity index (χ1v) is 7.85. The number of anilines is 1. The Morgan fingerprint density at radius 1 is 1.36 bits per heavy atom. The van der Waals surface area contributed by atoms with Crippen LogP contribution in [-0.2, 0) is 22.6 Å². The zero-order valence-corrected chi connectivity index (χ0v) is 13.5. The van der Waals surface area contributed by atoms with Crippen molar-refractivity contribution in [3.8, 4) is 0 Å². The van der Waals surface area contributed by atoms with Gasteiger partial charge in [0.1, 0.15) is 5.60 Å². The molecule has 5 heteroatoms. The van der Waals surface area contributed by atoms with Gasteiger partial charge >= 0.3 is 6.09 Å². The van der Waals surface area contributed by atoms with E-state index in [-0.39, 0.29) is 6.09 Å². The van der Waals surface area contributed by atoms with Crippen LogP contribution in [0.4, 0.5) is 10.5 Å². The fourth-order valence-electron chi connectivity index (χ4n) is 2.88. The van der Waals surface area contributed by atoms with E-state index in [2.05, 4.69) is 17.4 Å². The van der Waals surface area contributed by atoms with Crippen LogP contribution in [-0.4, -0.2) is 35.8 Å². The van der Waals surface area contributed by atoms with Gasteiger partial charge in [-0.15, -0.1) is 0 Å². The minimum Gasteiger partial charge on any atom is -0.444 e. The predicted octanol–water partition coefficient (Wildman–Crippen LogP) is 3.14. The van der Waals surface area contributed by atoms with Gasteiger partial charge in [-0.3, -0.25) is 4.90 Å². The van der Waals surface area contributed by atoms with Crippen molar-refractivity contribution in [2.24, 2.45) is 0 Å². The highest BCUT2D eigenvalue weighted by molar-refractivity contribution is 5.71. The third kappa shape index (κ3) is 3.35. The molecule has 0 aromatic heterocycles. The van der Waals surface area contributed by atoms with E-state index in [0.29, 0.717) is 19.1 Å². The lowest BCUT2D eigenvalue weighted by Gasteiger charge is -2.24. The minimum absolute atomic E-state index is 0.251. The number of carbonyl (C=O) groups is 1. The number of carbonyl (C=O) groups excluding carboxylic acids is 1. The number of hydrogen-bond donors (Lipinski definition) is 1. The van der Waals surface area contributed by atoms with E-state index < -0.39 is 5.60 Å². The molecule has 3 rings (SSSR count). The lowest BCUT2D eigenvalue weighted by atomic mass is 10.1. The van der Waals surface area contributed by atoms with Crippen molar-refractivity contribution >= 4 is 11.8 Å². The predicted molar refractivity (Wildman–Crippen MR) is 84.8 cm³/mol. The van der Waals surface area contributed by atoms with Gasteiger partial charge in [0, 0.05) is 18.8 Å². The number of nitrogens with zero attached hydrogens (tertiary/aromatic N) is 1. The Balaban J connectivity index is 1.71. The Morgan fingerprint density at radius 2 is 2.18 bits per heavy atom. The molecule has 1 amide bonds. The van der Waals surface area contributed by atoms with Crippen LogP contribution in [0.25, 0.3) is 0 Å². The van der Waals surface area contributed by atoms with Crippen molar-refractivity contribution in [1.29, 1.82) is 0 Å². The molecule has 1 atom stereocenters. The van der Waals surface area contributed by atoms with Crippen LogP contribution >= 0.6 is 0 Å². The number of ether oxygens (including phenoxy) is 2. The fourth-order valence-corrected chi connectivity index (χ4v) is 2.88. The molecule has 1 saturated heterocycles. The number of benzene rings is 1. The lowest BCUT2D eigenvalue weighted by molar-refractivity contribution is 0.0242. The SMILES string of the molecule is CC(C)(C)OC(=O)N1Cc2cccc(NC3CCOC3)c2C1. The van der Waals surface area contributed by atoms with Crippen LogP contribution in [0, 0.1) is 0 Å². The first kappa shape index (κ1) is 15.2. The molecule has 0 radical (unpaired) electrons. The monoisotopic (exact) mass is 304 g/mol. The summed E-state index contributed by atoms with van der Waals surface area (Å²) in [4.78, 5) is 14.0. The van der Waals surface area contributed by atoms with E-state index in [1.807, 2.05) is 26.8 Å². The summed E-state index contributed by atoms with van der Waals surface area (Å²) in [7, 11) is 0. The zero-order valence-electron chi connectivity index (χ0n) is 13.5. The van der Waals surface area contributed by atoms with E-state index >= 15 is 0 Å². The topological polar surface area (TPSA) is 50.8 Å². The quantitative estimate of drug-likeness (QED) is 0.912. The van der Waals surface area contributed by atoms with Gasteiger partial charge in [-0.2, -0.15) is 0 Å². The molecule has 1 N–H and O–H groups in total. The Morgan fingerprint density at radius 3 is 2.86 bits per heavy atom. The van der Waals surface area contributed by atoms with Crippen molar-refractivity contribution in [3.63, 3.8) is 0 Å². The maximum Gasteiger partial charge on any atom is 0.410 e. The molecule has 1 aromatic carbocycles. The highest BCUT2D eigenvalue weighted by atomic mass is 16.6. The molecule has 0 saturated carbocycles. The molecule has 2 aliphatic rings. The molecule has 22 heavy (non-hydrogen) atoms. The molecule has 1 fully saturated rings. The van der Waals surface area contributed by atoms with E-state index in [1.54, 1.807) is 4.90 Å². The first-order valence-electron chi connectivity index (χ1n) is 7.85. The molecule has 5 nitrogen and oxygen atoms in total. The molecule has 120 valence electrons. The van der Waals surface area contributed by atoms with Crippen molar-refractivity contribution < 1.29 is 14.3 Å². The Kier molecular flexibility index (Phi) is 4.00. The number of hydrogen-bond acceptors (Lipinski definition) is 4. The molecule has 1 aromatic rings. The molecule has 2 heterocycles. The summed E-state index contributed by atoms with van der Waals surface area (Å²) in [6.45, 7) is 8.45. The molecular weight excluding hydrogens is 280 g/mol. The van der Waals surface area contributed by atoms with Gasteiger partial charge in [0.25, 0.3) is 0 Å². The summed E-state index contributed by atoms with van der Waals surface area (Å²) in [5, 5.41) is 3.55. The number of rotatable bonds is 2. The average molecular weight is 304 g/mol. The Hall–Kier alpha value is -1.75. The molecule has 0 bridgehead atoms. The largest absolute Gasteiger partial charge is 0.444 e. The summed E-state index contributed by atoms with van der Waals surface area (Å²) in [6.07, 6.45) is 0.776. The summed E-state index contributed by atoms with van der Waals surface area (Å²) < 4.78 is 10.9. The minimum atomic E-state index is -0.464. The van der Waals surface area contributed by atoms with Gasteiger partial charge in [-0.1, -0.05) is 12.1 Å². The van der Waals surface area contributed by atoms with E-state index in [1.165, 1.54) is 11.1 Å². The standard InChI is InChI=1S/C17H24N2O3/c1-17(2,3)22-16(20)19-9-12-5-4-6-15(14(12)10-19)18-13-7-8-21-11-13/h4-6,13,18H,7-11H2,1-3H3. The number of amides is 1. The first-order chi connectivity index (χ1) is 10.4. The lowest BCUT2D eigenvalue weighted by Crippen LogP contribution is -2.33. The zero-order chi connectivity index (χ0) is 15.7. The maximum absolute atomic E-state index is 12.2. The smallest absolute Gasteiger partial charge is 0.410 e. The van der Waals surface area contributed by atoms with Gasteiger partial charge in [0.05, 0.1) is 19.2 Å². The van der Waals surface area contributed by atoms with Crippen LogP contribution in [0.2, 0.25) is 0 Å². The van der Waals surface area contributed by atoms with Crippen molar-refractivity contribution in [2.75, 3.05) is 18.5 Å². The Labute approximate surface area is 131 Å². The van der Waals surface area contributed by atoms with Crippen LogP contribution < -0.4 is 5.32 Å². The van der Waals surface area contributed by atoms with Crippen LogP contribution in [0.3, 0.4) is 0 Å². The van der Waals surface area contributed by atoms with Crippen LogP contribution in [0.15, 0.2) is 18.2 Å². The van der Waals surface area contributed by atoms with Gasteiger partial charge in [-0.25, -0.2) is 4.79 Å². The van der Waals surface area contributed by atoms with Crippen LogP contribution in [0.1, 0.15) is 38.3 Å². The summed E-state index contributed by atoms with van der Waals surface area (Å²) in [5.41, 5.74) is 3.03. The second kappa shape index (κ2) is 5.80. The van der Waals surface area contributed by atoms with Gasteiger partial charge in [0.2, 0.25) is 0 Å². The highest BCUT2D eigenvalue weighted by Gasteiger charge is 2.29. The summed E-state index contributed by atoms with van der Waals surface area (Å²) >= 11 is 0. The number of nitrogens with one attached hydrogen (secondary N) is 1. The van der Waals surface area contributed by atoms with Gasteiger partial charge in [0.15, 0.2) is 0 Å². The van der Waals surface area contributed by atoms with Crippen molar-refractivity contribution in [1.82, 2.24) is 4.90 Å². The average Bonchev–Trinajstić information content (AvgIpc) is 3.05. The molecule has 0 spiro atoms. The van der Waals surface area contributed by atoms with Crippen molar-refractivity contribution in [3.05, 3.63) is 29.3 Å². The van der Waals surface area contributed by atoms with Gasteiger partial charge < -0.3 is 14.8 Å². The fraction of sp³-hybridized carbons (Fsp3) is 0.588. The highest BCUT2D eigenvalue weighted by Crippen LogP contribution is 2.31. The molecule has 0 aliphatic carbocycles. The normalized spacial score (nSPS) is 20.9. The van der Waals surface area contributed by atoms with E-state index in [4.69, 9.17) is 9.47 Å². The summed E-state index contributed by atoms with van der Waals surface area (Å²) in [6, 6.07) is 6.56. The van der Waals surface area contributed by atoms with Crippen molar-refractivity contribution in [2.45, 2.75) is 51.9 Å². The maximum atomic E-state index is 12.2.